The number of benzene rings is 2. The van der Waals surface area contributed by atoms with Gasteiger partial charge in [-0.15, -0.1) is 29.8 Å². The van der Waals surface area contributed by atoms with Crippen LogP contribution in [0.15, 0.2) is 54.7 Å². The summed E-state index contributed by atoms with van der Waals surface area (Å²) in [6.07, 6.45) is 1.83. The molecule has 0 aliphatic rings. The van der Waals surface area contributed by atoms with E-state index in [1.54, 1.807) is 7.11 Å². The van der Waals surface area contributed by atoms with Crippen molar-refractivity contribution in [2.24, 2.45) is 0 Å². The van der Waals surface area contributed by atoms with E-state index in [0.717, 1.165) is 22.4 Å². The van der Waals surface area contributed by atoms with Crippen LogP contribution in [0.2, 0.25) is 0 Å². The van der Waals surface area contributed by atoms with E-state index in [1.165, 1.54) is 12.3 Å². The van der Waals surface area contributed by atoms with Gasteiger partial charge in [-0.3, -0.25) is 0 Å². The van der Waals surface area contributed by atoms with E-state index in [2.05, 4.69) is 23.2 Å². The quantitative estimate of drug-likeness (QED) is 0.442. The van der Waals surface area contributed by atoms with E-state index in [4.69, 9.17) is 14.6 Å². The molecular formula is C18H17IrNO3. The summed E-state index contributed by atoms with van der Waals surface area (Å²) in [5.74, 6) is 0.221. The molecular weight excluding hydrogens is 470 g/mol. The van der Waals surface area contributed by atoms with Gasteiger partial charge in [-0.05, 0) is 22.5 Å². The van der Waals surface area contributed by atoms with Crippen LogP contribution in [0.1, 0.15) is 6.92 Å². The van der Waals surface area contributed by atoms with Crippen molar-refractivity contribution in [1.29, 1.82) is 0 Å². The molecule has 121 valence electrons. The molecule has 2 N–H and O–H groups in total. The van der Waals surface area contributed by atoms with Gasteiger partial charge in [-0.2, -0.15) is 0 Å². The second kappa shape index (κ2) is 9.03. The average molecular weight is 488 g/mol. The number of nitrogens with zero attached hydrogens (tertiary/aromatic N) is 1. The molecule has 0 aliphatic carbocycles. The molecule has 3 aromatic rings. The average Bonchev–Trinajstić information content (AvgIpc) is 2.54. The van der Waals surface area contributed by atoms with Crippen molar-refractivity contribution in [3.05, 3.63) is 60.8 Å². The standard InChI is InChI=1S/C16H12NO.C2H4O2.Ir/c1-18-14-8-6-13(7-9-14)16-15-5-3-2-4-12(15)10-11-17-16;1-2(3)4;/h2-6,8-11H,1H3;1H3,(H,3,4);/q-1;;/p+1. The van der Waals surface area contributed by atoms with E-state index in [1.807, 2.05) is 42.6 Å². The number of methoxy groups -OCH3 is 1. The van der Waals surface area contributed by atoms with Crippen molar-refractivity contribution < 1.29 is 34.7 Å². The zero-order chi connectivity index (χ0) is 15.9. The van der Waals surface area contributed by atoms with Crippen LogP contribution in [-0.4, -0.2) is 28.0 Å². The monoisotopic (exact) mass is 488 g/mol. The Morgan fingerprint density at radius 1 is 1.17 bits per heavy atom. The summed E-state index contributed by atoms with van der Waals surface area (Å²) in [5, 5.41) is 9.85. The third kappa shape index (κ3) is 5.16. The topological polar surface area (TPSA) is 63.8 Å². The van der Waals surface area contributed by atoms with Crippen molar-refractivity contribution in [3.8, 4) is 17.0 Å². The number of carboxylic acids is 1. The summed E-state index contributed by atoms with van der Waals surface area (Å²) in [7, 11) is 1.65. The summed E-state index contributed by atoms with van der Waals surface area (Å²) < 4.78 is 5.14. The Hall–Kier alpha value is -2.23. The van der Waals surface area contributed by atoms with Crippen LogP contribution in [-0.2, 0) is 20.1 Å². The summed E-state index contributed by atoms with van der Waals surface area (Å²) in [4.78, 5) is 12.0. The van der Waals surface area contributed by atoms with Crippen LogP contribution in [0.25, 0.3) is 22.0 Å². The van der Waals surface area contributed by atoms with Gasteiger partial charge < -0.3 is 19.6 Å². The first-order chi connectivity index (χ1) is 10.6. The van der Waals surface area contributed by atoms with E-state index in [9.17, 15) is 0 Å². The maximum absolute atomic E-state index is 7.53. The summed E-state index contributed by atoms with van der Waals surface area (Å²) in [6.45, 7) is 1.19. The fourth-order valence-corrected chi connectivity index (χ4v) is 2.02. The Morgan fingerprint density at radius 2 is 1.87 bits per heavy atom. The smallest absolute Gasteiger partial charge is 0.477 e. The predicted molar refractivity (Wildman–Crippen MR) is 87.8 cm³/mol. The van der Waals surface area contributed by atoms with Gasteiger partial charge in [0.2, 0.25) is 0 Å². The molecule has 0 fully saturated rings. The molecule has 1 heterocycles. The first-order valence-electron chi connectivity index (χ1n) is 6.73. The third-order valence-electron chi connectivity index (χ3n) is 2.95. The number of aromatic nitrogens is 1. The fraction of sp³-hybridized carbons (Fsp3) is 0.111. The van der Waals surface area contributed by atoms with Crippen LogP contribution in [0.4, 0.5) is 0 Å². The minimum Gasteiger partial charge on any atom is -0.540 e. The van der Waals surface area contributed by atoms with Crippen LogP contribution < -0.4 is 4.74 Å². The molecule has 0 amide bonds. The van der Waals surface area contributed by atoms with Crippen molar-refractivity contribution in [2.75, 3.05) is 7.11 Å². The summed E-state index contributed by atoms with van der Waals surface area (Å²) in [6, 6.07) is 19.2. The van der Waals surface area contributed by atoms with E-state index in [0.29, 0.717) is 0 Å². The second-order valence-corrected chi connectivity index (χ2v) is 4.57. The molecule has 4 nitrogen and oxygen atoms in total. The minimum atomic E-state index is -0.583. The number of pyridine rings is 1. The number of aliphatic hydroxyl groups excluding tert-OH is 1. The van der Waals surface area contributed by atoms with Crippen molar-refractivity contribution >= 4 is 16.7 Å². The van der Waals surface area contributed by atoms with Crippen molar-refractivity contribution in [2.45, 2.75) is 6.92 Å². The van der Waals surface area contributed by atoms with Crippen molar-refractivity contribution in [3.63, 3.8) is 0 Å². The molecule has 1 radical (unpaired) electrons. The van der Waals surface area contributed by atoms with E-state index < -0.39 is 5.97 Å². The Bertz CT molecular complexity index is 763. The molecule has 0 saturated heterocycles. The Kier molecular flexibility index (Phi) is 7.39. The number of hydrogen-bond acceptors (Lipinski definition) is 2. The molecule has 0 aliphatic heterocycles. The number of fused-ring (bicyclic) bond motifs is 1. The van der Waals surface area contributed by atoms with Crippen molar-refractivity contribution in [1.82, 2.24) is 4.98 Å². The van der Waals surface area contributed by atoms with Crippen LogP contribution in [0.5, 0.6) is 5.75 Å². The van der Waals surface area contributed by atoms with Gasteiger partial charge in [-0.25, -0.2) is 0 Å². The number of carboxylic acid groups (broad SMARTS) is 1. The second-order valence-electron chi connectivity index (χ2n) is 4.57. The number of rotatable bonds is 2. The molecule has 0 spiro atoms. The summed E-state index contributed by atoms with van der Waals surface area (Å²) >= 11 is 0. The van der Waals surface area contributed by atoms with Gasteiger partial charge in [0, 0.05) is 32.1 Å². The largest absolute Gasteiger partial charge is 0.540 e. The molecule has 0 atom stereocenters. The van der Waals surface area contributed by atoms with Gasteiger partial charge in [0.1, 0.15) is 0 Å². The maximum atomic E-state index is 7.53. The van der Waals surface area contributed by atoms with Gasteiger partial charge in [0.25, 0.3) is 0 Å². The van der Waals surface area contributed by atoms with Gasteiger partial charge in [0.05, 0.1) is 14.0 Å². The zero-order valence-corrected chi connectivity index (χ0v) is 15.2. The molecule has 0 unspecified atom stereocenters. The number of hydrogen-bond donors (Lipinski definition) is 1. The number of ether oxygens (including phenoxy) is 1. The molecule has 0 saturated carbocycles. The molecule has 5 heteroatoms. The Morgan fingerprint density at radius 3 is 2.48 bits per heavy atom. The van der Waals surface area contributed by atoms with Gasteiger partial charge >= 0.3 is 5.97 Å². The minimum absolute atomic E-state index is 0. The third-order valence-corrected chi connectivity index (χ3v) is 2.95. The zero-order valence-electron chi connectivity index (χ0n) is 12.8. The first kappa shape index (κ1) is 18.8. The first-order valence-corrected chi connectivity index (χ1v) is 6.73. The maximum Gasteiger partial charge on any atom is 0.477 e. The molecule has 3 rings (SSSR count). The van der Waals surface area contributed by atoms with E-state index in [-0.39, 0.29) is 20.1 Å². The molecule has 2 aromatic carbocycles. The predicted octanol–water partition coefficient (Wildman–Crippen LogP) is 3.77. The van der Waals surface area contributed by atoms with E-state index >= 15 is 0 Å². The summed E-state index contributed by atoms with van der Waals surface area (Å²) in [5.41, 5.74) is 1.93. The van der Waals surface area contributed by atoms with Gasteiger partial charge in [0.15, 0.2) is 0 Å². The molecule has 1 aromatic heterocycles. The van der Waals surface area contributed by atoms with Crippen LogP contribution in [0, 0.1) is 6.07 Å². The van der Waals surface area contributed by atoms with Crippen LogP contribution in [0.3, 0.4) is 0 Å². The van der Waals surface area contributed by atoms with Gasteiger partial charge in [-0.1, -0.05) is 24.3 Å². The molecule has 23 heavy (non-hydrogen) atoms. The Balaban J connectivity index is 0.000000478. The van der Waals surface area contributed by atoms with Crippen LogP contribution >= 0.6 is 0 Å². The SMILES string of the molecule is CC(O)=[OH+].COc1c[c-]c(-c2nccc3ccccc23)cc1.[Ir]. The Labute approximate surface area is 148 Å². The number of aliphatic carboxylic acids is 1. The molecule has 0 bridgehead atoms. The normalized spacial score (nSPS) is 9.30. The fourth-order valence-electron chi connectivity index (χ4n) is 2.02.